The molecule has 1 aromatic carbocycles. The zero-order chi connectivity index (χ0) is 24.8. The highest BCUT2D eigenvalue weighted by atomic mass is 16.2. The van der Waals surface area contributed by atoms with Crippen molar-refractivity contribution in [1.29, 1.82) is 0 Å². The molecule has 6 nitrogen and oxygen atoms in total. The van der Waals surface area contributed by atoms with E-state index in [1.807, 2.05) is 4.90 Å². The number of unbranched alkanes of at least 4 members (excludes halogenated alkanes) is 1. The van der Waals surface area contributed by atoms with E-state index in [0.29, 0.717) is 6.42 Å². The first kappa shape index (κ1) is 25.6. The normalized spacial score (nSPS) is 17.4. The summed E-state index contributed by atoms with van der Waals surface area (Å²) in [6.07, 6.45) is 6.89. The van der Waals surface area contributed by atoms with E-state index in [-0.39, 0.29) is 11.3 Å². The van der Waals surface area contributed by atoms with Crippen molar-refractivity contribution in [3.63, 3.8) is 0 Å². The second-order valence-electron chi connectivity index (χ2n) is 11.1. The van der Waals surface area contributed by atoms with E-state index in [9.17, 15) is 4.79 Å². The van der Waals surface area contributed by atoms with Crippen molar-refractivity contribution in [3.05, 3.63) is 47.4 Å². The lowest BCUT2D eigenvalue weighted by Crippen LogP contribution is -2.47. The maximum Gasteiger partial charge on any atom is 0.226 e. The van der Waals surface area contributed by atoms with Crippen LogP contribution in [0.15, 0.2) is 30.3 Å². The highest BCUT2D eigenvalue weighted by Gasteiger charge is 2.24. The smallest absolute Gasteiger partial charge is 0.226 e. The second-order valence-corrected chi connectivity index (χ2v) is 11.1. The minimum absolute atomic E-state index is 0.0460. The SMILES string of the molecule is CCCc1cc(N2CCN(CCCCN3C(=O)CCCc4ccccc43)CC2)nc(C(C)(C)C)n1. The van der Waals surface area contributed by atoms with E-state index in [4.69, 9.17) is 9.97 Å². The Morgan fingerprint density at radius 1 is 0.943 bits per heavy atom. The van der Waals surface area contributed by atoms with E-state index in [1.165, 1.54) is 5.56 Å². The Balaban J connectivity index is 1.27. The molecule has 0 aliphatic carbocycles. The Labute approximate surface area is 211 Å². The Kier molecular flexibility index (Phi) is 8.42. The molecule has 1 amide bonds. The molecule has 3 heterocycles. The largest absolute Gasteiger partial charge is 0.354 e. The third-order valence-corrected chi connectivity index (χ3v) is 7.17. The number of carbonyl (C=O) groups excluding carboxylic acids is 1. The lowest BCUT2D eigenvalue weighted by molar-refractivity contribution is -0.118. The van der Waals surface area contributed by atoms with E-state index in [1.54, 1.807) is 0 Å². The third kappa shape index (κ3) is 6.60. The molecule has 2 aromatic rings. The van der Waals surface area contributed by atoms with Crippen LogP contribution in [-0.4, -0.2) is 60.0 Å². The summed E-state index contributed by atoms with van der Waals surface area (Å²) in [5.74, 6) is 2.32. The van der Waals surface area contributed by atoms with Crippen molar-refractivity contribution in [3.8, 4) is 0 Å². The molecular weight excluding hydrogens is 434 g/mol. The number of amides is 1. The minimum Gasteiger partial charge on any atom is -0.354 e. The molecule has 0 atom stereocenters. The molecule has 0 spiro atoms. The van der Waals surface area contributed by atoms with Crippen LogP contribution < -0.4 is 9.80 Å². The molecule has 35 heavy (non-hydrogen) atoms. The first-order chi connectivity index (χ1) is 16.8. The number of benzene rings is 1. The van der Waals surface area contributed by atoms with Gasteiger partial charge in [0.2, 0.25) is 5.91 Å². The number of piperazine rings is 1. The number of para-hydroxylation sites is 1. The molecule has 1 fully saturated rings. The molecule has 0 radical (unpaired) electrons. The van der Waals surface area contributed by atoms with E-state index in [2.05, 4.69) is 67.8 Å². The summed E-state index contributed by atoms with van der Waals surface area (Å²) < 4.78 is 0. The van der Waals surface area contributed by atoms with Crippen molar-refractivity contribution < 1.29 is 4.79 Å². The summed E-state index contributed by atoms with van der Waals surface area (Å²) in [6, 6.07) is 10.6. The zero-order valence-electron chi connectivity index (χ0n) is 22.2. The van der Waals surface area contributed by atoms with Crippen molar-refractivity contribution in [2.45, 2.75) is 78.1 Å². The Morgan fingerprint density at radius 3 is 2.43 bits per heavy atom. The van der Waals surface area contributed by atoms with E-state index < -0.39 is 0 Å². The maximum absolute atomic E-state index is 12.7. The van der Waals surface area contributed by atoms with Gasteiger partial charge in [-0.1, -0.05) is 52.3 Å². The summed E-state index contributed by atoms with van der Waals surface area (Å²) in [5, 5.41) is 0. The Hall–Kier alpha value is -2.47. The Bertz CT molecular complexity index is 991. The van der Waals surface area contributed by atoms with Crippen LogP contribution in [0.3, 0.4) is 0 Å². The van der Waals surface area contributed by atoms with E-state index >= 15 is 0 Å². The minimum atomic E-state index is -0.0460. The van der Waals surface area contributed by atoms with Crippen LogP contribution in [0.4, 0.5) is 11.5 Å². The van der Waals surface area contributed by atoms with Gasteiger partial charge in [-0.3, -0.25) is 9.69 Å². The highest BCUT2D eigenvalue weighted by molar-refractivity contribution is 5.94. The number of carbonyl (C=O) groups is 1. The molecule has 190 valence electrons. The van der Waals surface area contributed by atoms with Gasteiger partial charge in [-0.2, -0.15) is 0 Å². The number of fused-ring (bicyclic) bond motifs is 1. The van der Waals surface area contributed by atoms with Gasteiger partial charge in [0.15, 0.2) is 0 Å². The zero-order valence-corrected chi connectivity index (χ0v) is 22.2. The summed E-state index contributed by atoms with van der Waals surface area (Å²) in [4.78, 5) is 29.5. The molecule has 2 aliphatic rings. The molecule has 2 aliphatic heterocycles. The summed E-state index contributed by atoms with van der Waals surface area (Å²) in [6.45, 7) is 14.8. The number of aromatic nitrogens is 2. The van der Waals surface area contributed by atoms with Crippen LogP contribution in [0.5, 0.6) is 0 Å². The lowest BCUT2D eigenvalue weighted by Gasteiger charge is -2.36. The first-order valence-electron chi connectivity index (χ1n) is 13.6. The quantitative estimate of drug-likeness (QED) is 0.501. The maximum atomic E-state index is 12.7. The molecule has 0 saturated carbocycles. The van der Waals surface area contributed by atoms with Crippen molar-refractivity contribution >= 4 is 17.4 Å². The first-order valence-corrected chi connectivity index (χ1v) is 13.6. The van der Waals surface area contributed by atoms with Crippen LogP contribution in [0.1, 0.15) is 76.9 Å². The third-order valence-electron chi connectivity index (χ3n) is 7.17. The van der Waals surface area contributed by atoms with E-state index in [0.717, 1.165) is 101 Å². The molecule has 0 unspecified atom stereocenters. The molecule has 4 rings (SSSR count). The standard InChI is InChI=1S/C29H43N5O/c1-5-11-24-22-26(31-28(30-24)29(2,3)4)33-20-18-32(19-21-33)16-8-9-17-34-25-14-7-6-12-23(25)13-10-15-27(34)35/h6-7,12,14,22H,5,8-11,13,15-21H2,1-4H3. The number of nitrogens with zero attached hydrogens (tertiary/aromatic N) is 5. The predicted molar refractivity (Wildman–Crippen MR) is 144 cm³/mol. The average molecular weight is 478 g/mol. The molecule has 6 heteroatoms. The number of hydrogen-bond donors (Lipinski definition) is 0. The second kappa shape index (κ2) is 11.5. The van der Waals surface area contributed by atoms with Crippen molar-refractivity contribution in [2.24, 2.45) is 0 Å². The fourth-order valence-electron chi connectivity index (χ4n) is 5.10. The summed E-state index contributed by atoms with van der Waals surface area (Å²) >= 11 is 0. The van der Waals surface area contributed by atoms with Gasteiger partial charge in [-0.25, -0.2) is 9.97 Å². The molecule has 1 aromatic heterocycles. The fraction of sp³-hybridized carbons (Fsp3) is 0.621. The molecule has 1 saturated heterocycles. The van der Waals surface area contributed by atoms with Gasteiger partial charge >= 0.3 is 0 Å². The topological polar surface area (TPSA) is 52.6 Å². The van der Waals surface area contributed by atoms with Crippen molar-refractivity contribution in [1.82, 2.24) is 14.9 Å². The number of anilines is 2. The summed E-state index contributed by atoms with van der Waals surface area (Å²) in [5.41, 5.74) is 3.56. The van der Waals surface area contributed by atoms with Gasteiger partial charge in [-0.05, 0) is 50.3 Å². The monoisotopic (exact) mass is 477 g/mol. The number of hydrogen-bond acceptors (Lipinski definition) is 5. The lowest BCUT2D eigenvalue weighted by atomic mass is 9.95. The predicted octanol–water partition coefficient (Wildman–Crippen LogP) is 5.00. The fourth-order valence-corrected chi connectivity index (χ4v) is 5.10. The van der Waals surface area contributed by atoms with Gasteiger partial charge in [0, 0.05) is 62.0 Å². The van der Waals surface area contributed by atoms with Crippen LogP contribution in [0.25, 0.3) is 0 Å². The van der Waals surface area contributed by atoms with Gasteiger partial charge in [0.25, 0.3) is 0 Å². The van der Waals surface area contributed by atoms with Gasteiger partial charge in [-0.15, -0.1) is 0 Å². The summed E-state index contributed by atoms with van der Waals surface area (Å²) in [7, 11) is 0. The highest BCUT2D eigenvalue weighted by Crippen LogP contribution is 2.27. The van der Waals surface area contributed by atoms with Crippen LogP contribution in [0.2, 0.25) is 0 Å². The molecule has 0 bridgehead atoms. The van der Waals surface area contributed by atoms with Crippen LogP contribution in [0, 0.1) is 0 Å². The van der Waals surface area contributed by atoms with Gasteiger partial charge < -0.3 is 9.80 Å². The number of aryl methyl sites for hydroxylation is 2. The average Bonchev–Trinajstić information content (AvgIpc) is 3.00. The van der Waals surface area contributed by atoms with Gasteiger partial charge in [0.1, 0.15) is 11.6 Å². The van der Waals surface area contributed by atoms with Gasteiger partial charge in [0.05, 0.1) is 0 Å². The van der Waals surface area contributed by atoms with Crippen LogP contribution in [-0.2, 0) is 23.1 Å². The number of rotatable bonds is 8. The Morgan fingerprint density at radius 2 is 1.69 bits per heavy atom. The van der Waals surface area contributed by atoms with Crippen molar-refractivity contribution in [2.75, 3.05) is 49.1 Å². The molecular formula is C29H43N5O. The molecule has 0 N–H and O–H groups in total. The van der Waals surface area contributed by atoms with Crippen LogP contribution >= 0.6 is 0 Å².